The van der Waals surface area contributed by atoms with Gasteiger partial charge in [-0.2, -0.15) is 0 Å². The molecular weight excluding hydrogens is 248 g/mol. The van der Waals surface area contributed by atoms with Crippen LogP contribution in [0.25, 0.3) is 21.5 Å². The minimum Gasteiger partial charge on any atom is -0.383 e. The topological polar surface area (TPSA) is 52.8 Å². The van der Waals surface area contributed by atoms with Crippen molar-refractivity contribution in [2.24, 2.45) is 0 Å². The molecular formula is C12H12N4OS. The van der Waals surface area contributed by atoms with Gasteiger partial charge < -0.3 is 4.74 Å². The van der Waals surface area contributed by atoms with Crippen LogP contribution in [0.5, 0.6) is 0 Å². The summed E-state index contributed by atoms with van der Waals surface area (Å²) >= 11 is 1.64. The highest BCUT2D eigenvalue weighted by Gasteiger charge is 2.05. The van der Waals surface area contributed by atoms with Gasteiger partial charge in [-0.1, -0.05) is 11.3 Å². The first-order valence-corrected chi connectivity index (χ1v) is 6.47. The average Bonchev–Trinajstić information content (AvgIpc) is 3.04. The Labute approximate surface area is 108 Å². The molecule has 0 aliphatic carbocycles. The van der Waals surface area contributed by atoms with Crippen LogP contribution in [0.4, 0.5) is 0 Å². The summed E-state index contributed by atoms with van der Waals surface area (Å²) in [5, 5.41) is 8.23. The summed E-state index contributed by atoms with van der Waals surface area (Å²) in [5.74, 6) is 0. The lowest BCUT2D eigenvalue weighted by Crippen LogP contribution is -2.04. The molecule has 0 saturated heterocycles. The number of fused-ring (bicyclic) bond motifs is 1. The summed E-state index contributed by atoms with van der Waals surface area (Å²) in [6.07, 6.45) is 1.92. The molecule has 0 aliphatic heterocycles. The number of hydrogen-bond acceptors (Lipinski definition) is 5. The van der Waals surface area contributed by atoms with Gasteiger partial charge in [-0.3, -0.25) is 0 Å². The van der Waals surface area contributed by atoms with Crippen molar-refractivity contribution >= 4 is 21.6 Å². The fourth-order valence-electron chi connectivity index (χ4n) is 1.74. The Morgan fingerprint density at radius 1 is 1.39 bits per heavy atom. The van der Waals surface area contributed by atoms with Gasteiger partial charge in [-0.05, 0) is 12.1 Å². The fourth-order valence-corrected chi connectivity index (χ4v) is 2.40. The molecule has 0 aliphatic rings. The summed E-state index contributed by atoms with van der Waals surface area (Å²) in [6, 6.07) is 6.15. The monoisotopic (exact) mass is 260 g/mol. The molecule has 0 spiro atoms. The van der Waals surface area contributed by atoms with Gasteiger partial charge in [0.2, 0.25) is 0 Å². The zero-order valence-corrected chi connectivity index (χ0v) is 10.7. The fraction of sp³-hybridized carbons (Fsp3) is 0.250. The third-order valence-corrected chi connectivity index (χ3v) is 3.50. The van der Waals surface area contributed by atoms with Gasteiger partial charge in [0, 0.05) is 12.7 Å². The molecule has 0 saturated carbocycles. The normalized spacial score (nSPS) is 11.2. The zero-order chi connectivity index (χ0) is 12.4. The van der Waals surface area contributed by atoms with E-state index in [1.54, 1.807) is 23.1 Å². The van der Waals surface area contributed by atoms with E-state index in [9.17, 15) is 0 Å². The molecule has 92 valence electrons. The molecule has 2 aromatic heterocycles. The Bertz CT molecular complexity index is 661. The van der Waals surface area contributed by atoms with Crippen LogP contribution in [-0.4, -0.2) is 33.7 Å². The van der Waals surface area contributed by atoms with Crippen molar-refractivity contribution in [2.45, 2.75) is 6.54 Å². The van der Waals surface area contributed by atoms with E-state index < -0.39 is 0 Å². The van der Waals surface area contributed by atoms with Crippen LogP contribution in [0.15, 0.2) is 29.9 Å². The Morgan fingerprint density at radius 3 is 3.22 bits per heavy atom. The van der Waals surface area contributed by atoms with Gasteiger partial charge >= 0.3 is 0 Å². The van der Waals surface area contributed by atoms with Crippen LogP contribution >= 0.6 is 11.3 Å². The molecule has 0 fully saturated rings. The van der Waals surface area contributed by atoms with Gasteiger partial charge in [-0.25, -0.2) is 9.67 Å². The van der Waals surface area contributed by atoms with Crippen LogP contribution in [0.1, 0.15) is 0 Å². The number of ether oxygens (including phenoxy) is 1. The maximum absolute atomic E-state index is 5.01. The largest absolute Gasteiger partial charge is 0.383 e. The van der Waals surface area contributed by atoms with Gasteiger partial charge in [0.25, 0.3) is 0 Å². The first-order valence-electron chi connectivity index (χ1n) is 5.59. The lowest BCUT2D eigenvalue weighted by molar-refractivity contribution is 0.183. The van der Waals surface area contributed by atoms with E-state index in [0.717, 1.165) is 16.8 Å². The highest BCUT2D eigenvalue weighted by molar-refractivity contribution is 7.16. The molecule has 6 heteroatoms. The van der Waals surface area contributed by atoms with Crippen LogP contribution in [0, 0.1) is 0 Å². The molecule has 3 aromatic rings. The van der Waals surface area contributed by atoms with Crippen molar-refractivity contribution in [1.29, 1.82) is 0 Å². The van der Waals surface area contributed by atoms with Crippen molar-refractivity contribution in [3.8, 4) is 11.3 Å². The lowest BCUT2D eigenvalue weighted by Gasteiger charge is -1.97. The number of hydrogen-bond donors (Lipinski definition) is 0. The molecule has 0 unspecified atom stereocenters. The summed E-state index contributed by atoms with van der Waals surface area (Å²) in [6.45, 7) is 1.34. The van der Waals surface area contributed by atoms with Crippen LogP contribution < -0.4 is 0 Å². The standard InChI is InChI=1S/C12H12N4OS/c1-17-5-4-16-7-11(14-15-16)9-2-3-12-10(6-9)13-8-18-12/h2-3,6-8H,4-5H2,1H3. The summed E-state index contributed by atoms with van der Waals surface area (Å²) in [5.41, 5.74) is 4.76. The summed E-state index contributed by atoms with van der Waals surface area (Å²) in [7, 11) is 1.67. The highest BCUT2D eigenvalue weighted by atomic mass is 32.1. The molecule has 3 rings (SSSR count). The van der Waals surface area contributed by atoms with E-state index in [-0.39, 0.29) is 0 Å². The second-order valence-electron chi connectivity index (χ2n) is 3.89. The molecule has 0 N–H and O–H groups in total. The van der Waals surface area contributed by atoms with E-state index in [0.29, 0.717) is 13.2 Å². The van der Waals surface area contributed by atoms with E-state index in [1.807, 2.05) is 23.8 Å². The number of thiazole rings is 1. The van der Waals surface area contributed by atoms with E-state index in [1.165, 1.54) is 4.70 Å². The van der Waals surface area contributed by atoms with Crippen LogP contribution in [-0.2, 0) is 11.3 Å². The number of nitrogens with zero attached hydrogens (tertiary/aromatic N) is 4. The first-order chi connectivity index (χ1) is 8.86. The predicted molar refractivity (Wildman–Crippen MR) is 70.5 cm³/mol. The number of benzene rings is 1. The van der Waals surface area contributed by atoms with Crippen molar-refractivity contribution in [3.63, 3.8) is 0 Å². The third-order valence-electron chi connectivity index (χ3n) is 2.69. The van der Waals surface area contributed by atoms with Gasteiger partial charge in [0.15, 0.2) is 0 Å². The predicted octanol–water partition coefficient (Wildman–Crippen LogP) is 2.20. The van der Waals surface area contributed by atoms with Crippen molar-refractivity contribution < 1.29 is 4.74 Å². The minimum atomic E-state index is 0.633. The van der Waals surface area contributed by atoms with Crippen molar-refractivity contribution in [1.82, 2.24) is 20.0 Å². The lowest BCUT2D eigenvalue weighted by atomic mass is 10.1. The second kappa shape index (κ2) is 4.83. The van der Waals surface area contributed by atoms with Crippen molar-refractivity contribution in [3.05, 3.63) is 29.9 Å². The minimum absolute atomic E-state index is 0.633. The Hall–Kier alpha value is -1.79. The van der Waals surface area contributed by atoms with Crippen LogP contribution in [0.3, 0.4) is 0 Å². The SMILES string of the molecule is COCCn1cc(-c2ccc3scnc3c2)nn1. The van der Waals surface area contributed by atoms with Crippen molar-refractivity contribution in [2.75, 3.05) is 13.7 Å². The summed E-state index contributed by atoms with van der Waals surface area (Å²) < 4.78 is 7.98. The maximum atomic E-state index is 5.01. The first kappa shape index (κ1) is 11.3. The molecule has 18 heavy (non-hydrogen) atoms. The Balaban J connectivity index is 1.90. The zero-order valence-electron chi connectivity index (χ0n) is 9.91. The maximum Gasteiger partial charge on any atom is 0.113 e. The average molecular weight is 260 g/mol. The Morgan fingerprint density at radius 2 is 2.33 bits per heavy atom. The smallest absolute Gasteiger partial charge is 0.113 e. The van der Waals surface area contributed by atoms with Crippen LogP contribution in [0.2, 0.25) is 0 Å². The third kappa shape index (κ3) is 2.12. The molecule has 5 nitrogen and oxygen atoms in total. The van der Waals surface area contributed by atoms with Gasteiger partial charge in [0.05, 0.1) is 35.1 Å². The molecule has 0 radical (unpaired) electrons. The van der Waals surface area contributed by atoms with E-state index in [2.05, 4.69) is 21.4 Å². The van der Waals surface area contributed by atoms with Gasteiger partial charge in [0.1, 0.15) is 5.69 Å². The molecule has 0 amide bonds. The second-order valence-corrected chi connectivity index (χ2v) is 4.78. The number of methoxy groups -OCH3 is 1. The summed E-state index contributed by atoms with van der Waals surface area (Å²) in [4.78, 5) is 4.30. The highest BCUT2D eigenvalue weighted by Crippen LogP contribution is 2.24. The molecule has 0 bridgehead atoms. The number of aromatic nitrogens is 4. The molecule has 0 atom stereocenters. The quantitative estimate of drug-likeness (QED) is 0.721. The molecule has 2 heterocycles. The van der Waals surface area contributed by atoms with Gasteiger partial charge in [-0.15, -0.1) is 16.4 Å². The Kier molecular flexibility index (Phi) is 3.04. The molecule has 1 aromatic carbocycles. The number of rotatable bonds is 4. The van der Waals surface area contributed by atoms with E-state index in [4.69, 9.17) is 4.74 Å². The van der Waals surface area contributed by atoms with E-state index >= 15 is 0 Å².